The van der Waals surface area contributed by atoms with Gasteiger partial charge < -0.3 is 5.73 Å². The van der Waals surface area contributed by atoms with Crippen LogP contribution in [0.3, 0.4) is 0 Å². The Kier molecular flexibility index (Phi) is 5.57. The van der Waals surface area contributed by atoms with Gasteiger partial charge in [-0.3, -0.25) is 24.3 Å². The molecule has 1 unspecified atom stereocenters. The van der Waals surface area contributed by atoms with Gasteiger partial charge in [-0.1, -0.05) is 18.2 Å². The van der Waals surface area contributed by atoms with Crippen molar-refractivity contribution in [3.05, 3.63) is 35.6 Å². The van der Waals surface area contributed by atoms with Gasteiger partial charge in [-0.2, -0.15) is 0 Å². The summed E-state index contributed by atoms with van der Waals surface area (Å²) in [5, 5.41) is 0. The zero-order chi connectivity index (χ0) is 22.3. The summed E-state index contributed by atoms with van der Waals surface area (Å²) in [6, 6.07) is 5.18. The number of hydrogen-bond donors (Lipinski definition) is 1. The van der Waals surface area contributed by atoms with E-state index in [0.717, 1.165) is 4.90 Å². The van der Waals surface area contributed by atoms with Crippen LogP contribution in [0.2, 0.25) is 0 Å². The molecule has 1 atom stereocenters. The minimum atomic E-state index is -0.787. The van der Waals surface area contributed by atoms with Crippen molar-refractivity contribution in [2.24, 2.45) is 16.6 Å². The summed E-state index contributed by atoms with van der Waals surface area (Å²) in [4.78, 5) is 46.1. The topological polar surface area (TPSA) is 102 Å². The van der Waals surface area contributed by atoms with Gasteiger partial charge in [-0.05, 0) is 37.0 Å². The van der Waals surface area contributed by atoms with E-state index in [1.54, 1.807) is 29.8 Å². The normalized spacial score (nSPS) is 22.8. The van der Waals surface area contributed by atoms with Gasteiger partial charge in [-0.15, -0.1) is 0 Å². The van der Waals surface area contributed by atoms with E-state index in [4.69, 9.17) is 5.73 Å². The van der Waals surface area contributed by atoms with Gasteiger partial charge in [0.15, 0.2) is 0 Å². The Labute approximate surface area is 179 Å². The molecule has 0 aliphatic carbocycles. The summed E-state index contributed by atoms with van der Waals surface area (Å²) in [6.45, 7) is 1.92. The van der Waals surface area contributed by atoms with Crippen molar-refractivity contribution in [3.8, 4) is 0 Å². The fraction of sp³-hybridized carbons (Fsp3) is 0.476. The number of imide groups is 1. The van der Waals surface area contributed by atoms with Crippen LogP contribution < -0.4 is 5.73 Å². The number of benzene rings is 1. The van der Waals surface area contributed by atoms with Gasteiger partial charge in [-0.25, -0.2) is 13.8 Å². The zero-order valence-electron chi connectivity index (χ0n) is 17.6. The minimum absolute atomic E-state index is 0.132. The third-order valence-corrected chi connectivity index (χ3v) is 6.27. The summed E-state index contributed by atoms with van der Waals surface area (Å²) in [7, 11) is 3.02. The first kappa shape index (κ1) is 21.1. The van der Waals surface area contributed by atoms with Gasteiger partial charge in [0.1, 0.15) is 18.9 Å². The van der Waals surface area contributed by atoms with Gasteiger partial charge in [0.05, 0.1) is 0 Å². The van der Waals surface area contributed by atoms with Crippen LogP contribution >= 0.6 is 0 Å². The molecule has 0 radical (unpaired) electrons. The lowest BCUT2D eigenvalue weighted by Gasteiger charge is -2.31. The van der Waals surface area contributed by atoms with Crippen molar-refractivity contribution in [1.29, 1.82) is 0 Å². The Morgan fingerprint density at radius 2 is 1.87 bits per heavy atom. The SMILES string of the molecule is CN1C(=O)C2C(=NC(CN3CCC(C(N)=O)CC3)=[N+]2Cc2ccccc2F)N(C)C1=O. The predicted octanol–water partition coefficient (Wildman–Crippen LogP) is 0.239. The second-order valence-corrected chi connectivity index (χ2v) is 8.20. The number of piperidine rings is 1. The molecule has 1 aromatic rings. The fourth-order valence-electron chi connectivity index (χ4n) is 4.34. The molecule has 3 aliphatic rings. The highest BCUT2D eigenvalue weighted by molar-refractivity contribution is 6.23. The molecule has 4 amide bonds. The fourth-order valence-corrected chi connectivity index (χ4v) is 4.34. The van der Waals surface area contributed by atoms with Crippen molar-refractivity contribution in [1.82, 2.24) is 14.7 Å². The molecule has 0 aromatic heterocycles. The number of primary amides is 1. The van der Waals surface area contributed by atoms with E-state index < -0.39 is 12.1 Å². The number of carbonyl (C=O) groups excluding carboxylic acids is 3. The summed E-state index contributed by atoms with van der Waals surface area (Å²) >= 11 is 0. The number of hydrogen-bond acceptors (Lipinski definition) is 5. The highest BCUT2D eigenvalue weighted by Gasteiger charge is 2.53. The first-order valence-electron chi connectivity index (χ1n) is 10.3. The van der Waals surface area contributed by atoms with Crippen LogP contribution in [0.15, 0.2) is 29.3 Å². The highest BCUT2D eigenvalue weighted by atomic mass is 19.1. The highest BCUT2D eigenvalue weighted by Crippen LogP contribution is 2.23. The van der Waals surface area contributed by atoms with E-state index in [1.165, 1.54) is 18.0 Å². The Morgan fingerprint density at radius 1 is 1.19 bits per heavy atom. The number of amides is 4. The molecule has 0 spiro atoms. The van der Waals surface area contributed by atoms with Crippen LogP contribution in [0.25, 0.3) is 0 Å². The average molecular weight is 429 g/mol. The summed E-state index contributed by atoms with van der Waals surface area (Å²) in [6.07, 6.45) is 1.33. The molecule has 9 nitrogen and oxygen atoms in total. The van der Waals surface area contributed by atoms with E-state index in [1.807, 2.05) is 0 Å². The van der Waals surface area contributed by atoms with Crippen LogP contribution in [0.1, 0.15) is 18.4 Å². The molecule has 0 bridgehead atoms. The molecule has 3 heterocycles. The van der Waals surface area contributed by atoms with Crippen LogP contribution in [-0.2, 0) is 16.1 Å². The number of aliphatic imine (C=N–C) groups is 1. The molecule has 2 saturated heterocycles. The maximum Gasteiger partial charge on any atom is 0.333 e. The van der Waals surface area contributed by atoms with Gasteiger partial charge >= 0.3 is 11.9 Å². The smallest absolute Gasteiger partial charge is 0.333 e. The molecular formula is C21H26FN6O3+. The van der Waals surface area contributed by atoms with Crippen LogP contribution in [0, 0.1) is 11.7 Å². The molecule has 2 N–H and O–H groups in total. The Bertz CT molecular complexity index is 999. The number of fused-ring (bicyclic) bond motifs is 1. The van der Waals surface area contributed by atoms with Crippen LogP contribution in [0.4, 0.5) is 9.18 Å². The number of urea groups is 1. The van der Waals surface area contributed by atoms with E-state index in [-0.39, 0.29) is 30.1 Å². The van der Waals surface area contributed by atoms with Gasteiger partial charge in [0.2, 0.25) is 5.91 Å². The van der Waals surface area contributed by atoms with Crippen LogP contribution in [0.5, 0.6) is 0 Å². The van der Waals surface area contributed by atoms with Crippen LogP contribution in [-0.4, -0.2) is 88.6 Å². The maximum atomic E-state index is 14.4. The molecule has 164 valence electrons. The van der Waals surface area contributed by atoms with Gasteiger partial charge in [0, 0.05) is 25.6 Å². The van der Waals surface area contributed by atoms with Crippen molar-refractivity contribution in [3.63, 3.8) is 0 Å². The molecular weight excluding hydrogens is 403 g/mol. The number of nitrogens with zero attached hydrogens (tertiary/aromatic N) is 5. The first-order valence-corrected chi connectivity index (χ1v) is 10.3. The predicted molar refractivity (Wildman–Crippen MR) is 111 cm³/mol. The van der Waals surface area contributed by atoms with E-state index in [2.05, 4.69) is 9.89 Å². The number of rotatable bonds is 5. The minimum Gasteiger partial charge on any atom is -0.369 e. The molecule has 10 heteroatoms. The van der Waals surface area contributed by atoms with E-state index in [9.17, 15) is 18.8 Å². The number of amidine groups is 2. The molecule has 31 heavy (non-hydrogen) atoms. The summed E-state index contributed by atoms with van der Waals surface area (Å²) < 4.78 is 16.2. The average Bonchev–Trinajstić information content (AvgIpc) is 3.10. The molecule has 4 rings (SSSR count). The lowest BCUT2D eigenvalue weighted by molar-refractivity contribution is -0.552. The van der Waals surface area contributed by atoms with Crippen molar-refractivity contribution in [2.45, 2.75) is 25.4 Å². The number of likely N-dealkylation sites (tertiary alicyclic amines) is 1. The first-order chi connectivity index (χ1) is 14.8. The molecule has 3 aliphatic heterocycles. The van der Waals surface area contributed by atoms with Crippen molar-refractivity contribution < 1.29 is 23.3 Å². The Morgan fingerprint density at radius 3 is 2.52 bits per heavy atom. The zero-order valence-corrected chi connectivity index (χ0v) is 17.6. The number of likely N-dealkylation sites (N-methyl/N-ethyl adjacent to an activating group) is 2. The second kappa shape index (κ2) is 8.18. The standard InChI is InChI=1S/C21H25FN6O3/c1-25-19-17(20(30)26(2)21(25)31)28(11-14-5-3-4-6-15(14)22)16(24-19)12-27-9-7-13(8-10-27)18(23)29/h3-6,13,17H,7-12H2,1-2H3,(H-,23,29)/p+1. The summed E-state index contributed by atoms with van der Waals surface area (Å²) in [5.74, 6) is -0.212. The Balaban J connectivity index is 1.65. The van der Waals surface area contributed by atoms with Crippen molar-refractivity contribution >= 4 is 29.5 Å². The number of carbonyl (C=O) groups is 3. The number of nitrogens with two attached hydrogens (primary N) is 1. The van der Waals surface area contributed by atoms with E-state index >= 15 is 0 Å². The third kappa shape index (κ3) is 3.83. The largest absolute Gasteiger partial charge is 0.369 e. The molecule has 2 fully saturated rings. The Hall–Kier alpha value is -3.14. The van der Waals surface area contributed by atoms with E-state index in [0.29, 0.717) is 49.7 Å². The maximum absolute atomic E-state index is 14.4. The van der Waals surface area contributed by atoms with Gasteiger partial charge in [0.25, 0.3) is 17.8 Å². The lowest BCUT2D eigenvalue weighted by atomic mass is 9.96. The molecule has 0 saturated carbocycles. The summed E-state index contributed by atoms with van der Waals surface area (Å²) in [5.41, 5.74) is 5.87. The van der Waals surface area contributed by atoms with Crippen molar-refractivity contribution in [2.75, 3.05) is 33.7 Å². The second-order valence-electron chi connectivity index (χ2n) is 8.20. The monoisotopic (exact) mass is 429 g/mol. The third-order valence-electron chi connectivity index (χ3n) is 6.27. The quantitative estimate of drug-likeness (QED) is 0.678. The lowest BCUT2D eigenvalue weighted by Crippen LogP contribution is -2.61. The number of halogens is 1. The molecule has 1 aromatic carbocycles.